The average Bonchev–Trinajstić information content (AvgIpc) is 3.11. The lowest BCUT2D eigenvalue weighted by Crippen LogP contribution is -2.39. The average molecular weight is 347 g/mol. The molecule has 2 unspecified atom stereocenters. The number of carbonyl (C=O) groups excluding carboxylic acids is 1. The van der Waals surface area contributed by atoms with E-state index < -0.39 is 39.2 Å². The summed E-state index contributed by atoms with van der Waals surface area (Å²) < 4.78 is 61.2. The van der Waals surface area contributed by atoms with Gasteiger partial charge in [0, 0.05) is 11.3 Å². The van der Waals surface area contributed by atoms with E-state index in [9.17, 15) is 26.4 Å². The molecule has 1 aromatic rings. The molecule has 0 heterocycles. The first kappa shape index (κ1) is 16.3. The van der Waals surface area contributed by atoms with Crippen molar-refractivity contribution in [2.45, 2.75) is 37.3 Å². The molecule has 1 aromatic carbocycles. The highest BCUT2D eigenvalue weighted by Gasteiger charge is 2.60. The molecule has 2 aliphatic carbocycles. The predicted octanol–water partition coefficient (Wildman–Crippen LogP) is 2.29. The van der Waals surface area contributed by atoms with Crippen LogP contribution in [0.4, 0.5) is 13.2 Å². The monoisotopic (exact) mass is 347 g/mol. The number of sulfonamides is 1. The van der Waals surface area contributed by atoms with E-state index in [4.69, 9.17) is 0 Å². The second-order valence-corrected chi connectivity index (χ2v) is 7.99. The molecule has 1 spiro atoms. The van der Waals surface area contributed by atoms with Crippen LogP contribution in [0.5, 0.6) is 0 Å². The molecule has 2 atom stereocenters. The summed E-state index contributed by atoms with van der Waals surface area (Å²) in [5.74, 6) is -3.44. The van der Waals surface area contributed by atoms with Crippen LogP contribution in [0, 0.1) is 5.92 Å². The van der Waals surface area contributed by atoms with Crippen molar-refractivity contribution in [3.8, 4) is 0 Å². The van der Waals surface area contributed by atoms with Gasteiger partial charge in [0.2, 0.25) is 15.9 Å². The van der Waals surface area contributed by atoms with Crippen molar-refractivity contribution < 1.29 is 26.4 Å². The van der Waals surface area contributed by atoms with E-state index in [0.717, 1.165) is 30.4 Å². The van der Waals surface area contributed by atoms with Crippen LogP contribution in [0.3, 0.4) is 0 Å². The minimum atomic E-state index is -4.87. The Morgan fingerprint density at radius 1 is 1.30 bits per heavy atom. The Morgan fingerprint density at radius 2 is 2.00 bits per heavy atom. The van der Waals surface area contributed by atoms with Crippen LogP contribution in [0.15, 0.2) is 24.3 Å². The highest BCUT2D eigenvalue weighted by atomic mass is 32.2. The van der Waals surface area contributed by atoms with Gasteiger partial charge in [-0.1, -0.05) is 24.3 Å². The third-order valence-electron chi connectivity index (χ3n) is 4.62. The summed E-state index contributed by atoms with van der Waals surface area (Å²) in [6.45, 7) is 0. The van der Waals surface area contributed by atoms with Crippen molar-refractivity contribution in [3.63, 3.8) is 0 Å². The van der Waals surface area contributed by atoms with Gasteiger partial charge in [-0.25, -0.2) is 8.42 Å². The Balaban J connectivity index is 1.75. The van der Waals surface area contributed by atoms with E-state index in [-0.39, 0.29) is 0 Å². The number of aryl methyl sites for hydroxylation is 1. The molecule has 1 saturated carbocycles. The summed E-state index contributed by atoms with van der Waals surface area (Å²) in [6.07, 6.45) is -1.85. The Bertz CT molecular complexity index is 745. The lowest BCUT2D eigenvalue weighted by Gasteiger charge is -2.26. The number of hydrogen-bond donors (Lipinski definition) is 1. The number of carbonyl (C=O) groups is 1. The quantitative estimate of drug-likeness (QED) is 0.912. The minimum absolute atomic E-state index is 0.410. The van der Waals surface area contributed by atoms with E-state index in [2.05, 4.69) is 0 Å². The number of fused-ring (bicyclic) bond motifs is 2. The first-order chi connectivity index (χ1) is 10.6. The zero-order chi connectivity index (χ0) is 16.9. The van der Waals surface area contributed by atoms with Crippen molar-refractivity contribution in [1.82, 2.24) is 4.72 Å². The number of hydrogen-bond acceptors (Lipinski definition) is 3. The molecule has 0 aliphatic heterocycles. The van der Waals surface area contributed by atoms with Crippen molar-refractivity contribution in [1.29, 1.82) is 0 Å². The fraction of sp³-hybridized carbons (Fsp3) is 0.533. The topological polar surface area (TPSA) is 63.2 Å². The zero-order valence-electron chi connectivity index (χ0n) is 12.2. The molecule has 1 amide bonds. The Labute approximate surface area is 132 Å². The smallest absolute Gasteiger partial charge is 0.274 e. The van der Waals surface area contributed by atoms with Gasteiger partial charge in [-0.05, 0) is 36.8 Å². The molecule has 3 rings (SSSR count). The van der Waals surface area contributed by atoms with Crippen LogP contribution in [0.2, 0.25) is 0 Å². The van der Waals surface area contributed by atoms with Crippen molar-refractivity contribution in [2.75, 3.05) is 5.75 Å². The molecule has 23 heavy (non-hydrogen) atoms. The third-order valence-corrected chi connectivity index (χ3v) is 5.84. The SMILES string of the molecule is O=C(NS(=O)(=O)CC(F)(F)F)C1CC12CCCc1ccccc12. The van der Waals surface area contributed by atoms with Gasteiger partial charge in [0.15, 0.2) is 5.75 Å². The normalized spacial score (nSPS) is 26.7. The summed E-state index contributed by atoms with van der Waals surface area (Å²) in [7, 11) is -4.70. The lowest BCUT2D eigenvalue weighted by atomic mass is 9.78. The molecular formula is C15H16F3NO3S. The first-order valence-corrected chi connectivity index (χ1v) is 8.98. The molecule has 1 fully saturated rings. The second-order valence-electron chi connectivity index (χ2n) is 6.26. The predicted molar refractivity (Wildman–Crippen MR) is 77.1 cm³/mol. The number of amides is 1. The maximum absolute atomic E-state index is 12.2. The molecule has 2 aliphatic rings. The van der Waals surface area contributed by atoms with E-state index in [1.165, 1.54) is 0 Å². The fourth-order valence-electron chi connectivity index (χ4n) is 3.65. The molecule has 1 N–H and O–H groups in total. The summed E-state index contributed by atoms with van der Waals surface area (Å²) in [6, 6.07) is 7.67. The number of nitrogens with one attached hydrogen (secondary N) is 1. The van der Waals surface area contributed by atoms with Crippen LogP contribution in [-0.2, 0) is 26.7 Å². The minimum Gasteiger partial charge on any atom is -0.274 e. The Kier molecular flexibility index (Phi) is 3.70. The highest BCUT2D eigenvalue weighted by Crippen LogP contribution is 2.60. The van der Waals surface area contributed by atoms with Gasteiger partial charge in [0.1, 0.15) is 0 Å². The molecule has 0 aromatic heterocycles. The van der Waals surface area contributed by atoms with Crippen LogP contribution in [-0.4, -0.2) is 26.3 Å². The summed E-state index contributed by atoms with van der Waals surface area (Å²) in [4.78, 5) is 12.1. The van der Waals surface area contributed by atoms with Gasteiger partial charge in [0.25, 0.3) is 0 Å². The van der Waals surface area contributed by atoms with Crippen molar-refractivity contribution in [3.05, 3.63) is 35.4 Å². The fourth-order valence-corrected chi connectivity index (χ4v) is 4.60. The lowest BCUT2D eigenvalue weighted by molar-refractivity contribution is -0.121. The standard InChI is InChI=1S/C15H16F3NO3S/c16-15(17,18)9-23(21,22)19-13(20)12-8-14(12)7-3-5-10-4-1-2-6-11(10)14/h1-2,4,6,12H,3,5,7-9H2,(H,19,20). The third kappa shape index (κ3) is 3.22. The molecule has 8 heteroatoms. The Morgan fingerprint density at radius 3 is 2.70 bits per heavy atom. The maximum Gasteiger partial charge on any atom is 0.404 e. The van der Waals surface area contributed by atoms with Crippen molar-refractivity contribution in [2.24, 2.45) is 5.92 Å². The van der Waals surface area contributed by atoms with Gasteiger partial charge in [-0.3, -0.25) is 9.52 Å². The van der Waals surface area contributed by atoms with Crippen LogP contribution in [0.25, 0.3) is 0 Å². The van der Waals surface area contributed by atoms with Gasteiger partial charge in [-0.2, -0.15) is 13.2 Å². The highest BCUT2D eigenvalue weighted by molar-refractivity contribution is 7.90. The van der Waals surface area contributed by atoms with Crippen LogP contribution in [0.1, 0.15) is 30.4 Å². The molecule has 0 bridgehead atoms. The van der Waals surface area contributed by atoms with Crippen LogP contribution < -0.4 is 4.72 Å². The number of benzene rings is 1. The number of alkyl halides is 3. The van der Waals surface area contributed by atoms with E-state index in [1.807, 2.05) is 24.3 Å². The van der Waals surface area contributed by atoms with Crippen LogP contribution >= 0.6 is 0 Å². The molecule has 0 saturated heterocycles. The maximum atomic E-state index is 12.2. The van der Waals surface area contributed by atoms with Gasteiger partial charge >= 0.3 is 6.18 Å². The molecule has 126 valence electrons. The number of halogens is 3. The molecule has 0 radical (unpaired) electrons. The van der Waals surface area contributed by atoms with Gasteiger partial charge in [0.05, 0.1) is 0 Å². The number of rotatable bonds is 3. The second kappa shape index (κ2) is 5.22. The summed E-state index contributed by atoms with van der Waals surface area (Å²) in [5, 5.41) is 0. The first-order valence-electron chi connectivity index (χ1n) is 7.32. The molecular weight excluding hydrogens is 331 g/mol. The zero-order valence-corrected chi connectivity index (χ0v) is 13.0. The van der Waals surface area contributed by atoms with E-state index >= 15 is 0 Å². The largest absolute Gasteiger partial charge is 0.404 e. The van der Waals surface area contributed by atoms with E-state index in [1.54, 1.807) is 4.72 Å². The van der Waals surface area contributed by atoms with Gasteiger partial charge < -0.3 is 0 Å². The Hall–Kier alpha value is -1.57. The molecule has 4 nitrogen and oxygen atoms in total. The summed E-state index contributed by atoms with van der Waals surface area (Å²) >= 11 is 0. The van der Waals surface area contributed by atoms with E-state index in [0.29, 0.717) is 6.42 Å². The van der Waals surface area contributed by atoms with Gasteiger partial charge in [-0.15, -0.1) is 0 Å². The summed E-state index contributed by atoms with van der Waals surface area (Å²) in [5.41, 5.74) is 1.75. The van der Waals surface area contributed by atoms with Crippen molar-refractivity contribution >= 4 is 15.9 Å².